The molecule has 1 aromatic heterocycles. The van der Waals surface area contributed by atoms with Crippen molar-refractivity contribution in [3.8, 4) is 0 Å². The highest BCUT2D eigenvalue weighted by atomic mass is 35.5. The van der Waals surface area contributed by atoms with E-state index < -0.39 is 0 Å². The van der Waals surface area contributed by atoms with Crippen molar-refractivity contribution >= 4 is 34.6 Å². The molecule has 0 fully saturated rings. The Morgan fingerprint density at radius 3 is 2.95 bits per heavy atom. The number of aromatic nitrogens is 1. The Labute approximate surface area is 126 Å². The van der Waals surface area contributed by atoms with Crippen LogP contribution in [-0.4, -0.2) is 16.6 Å². The summed E-state index contributed by atoms with van der Waals surface area (Å²) in [5, 5.41) is 7.42. The van der Waals surface area contributed by atoms with Crippen molar-refractivity contribution in [1.29, 1.82) is 0 Å². The predicted molar refractivity (Wildman–Crippen MR) is 82.4 cm³/mol. The topological polar surface area (TPSA) is 54.4 Å². The molecule has 0 saturated heterocycles. The molecule has 1 heterocycles. The Kier molecular flexibility index (Phi) is 4.87. The minimum absolute atomic E-state index is 0.180. The van der Waals surface area contributed by atoms with E-state index in [-0.39, 0.29) is 12.3 Å². The molecule has 6 heteroatoms. The van der Waals surface area contributed by atoms with Crippen LogP contribution in [0.25, 0.3) is 0 Å². The van der Waals surface area contributed by atoms with Gasteiger partial charge in [0.2, 0.25) is 5.91 Å². The number of carbonyl (C=O) groups excluding carboxylic acids is 1. The number of nitrogens with one attached hydrogen (secondary N) is 1. The van der Waals surface area contributed by atoms with Gasteiger partial charge in [-0.25, -0.2) is 10.4 Å². The molecule has 0 atom stereocenters. The van der Waals surface area contributed by atoms with Crippen LogP contribution in [0, 0.1) is 6.92 Å². The minimum Gasteiger partial charge on any atom is -0.273 e. The van der Waals surface area contributed by atoms with E-state index in [2.05, 4.69) is 15.5 Å². The van der Waals surface area contributed by atoms with Gasteiger partial charge in [0.05, 0.1) is 12.1 Å². The van der Waals surface area contributed by atoms with E-state index in [1.54, 1.807) is 12.1 Å². The number of halogens is 1. The molecule has 2 rings (SSSR count). The van der Waals surface area contributed by atoms with Crippen LogP contribution in [0.5, 0.6) is 0 Å². The number of carbonyl (C=O) groups is 1. The first-order valence-corrected chi connectivity index (χ1v) is 7.30. The Bertz CT molecular complexity index is 651. The monoisotopic (exact) mass is 307 g/mol. The smallest absolute Gasteiger partial charge is 0.246 e. The van der Waals surface area contributed by atoms with Crippen LogP contribution >= 0.6 is 22.9 Å². The van der Waals surface area contributed by atoms with Gasteiger partial charge in [-0.2, -0.15) is 5.10 Å². The second-order valence-corrected chi connectivity index (χ2v) is 5.68. The van der Waals surface area contributed by atoms with E-state index >= 15 is 0 Å². The highest BCUT2D eigenvalue weighted by Gasteiger charge is 2.06. The van der Waals surface area contributed by atoms with Crippen molar-refractivity contribution in [2.75, 3.05) is 0 Å². The molecule has 2 aromatic rings. The van der Waals surface area contributed by atoms with Gasteiger partial charge in [0, 0.05) is 16.1 Å². The maximum Gasteiger partial charge on any atom is 0.246 e. The maximum absolute atomic E-state index is 11.7. The van der Waals surface area contributed by atoms with Crippen molar-refractivity contribution in [2.45, 2.75) is 20.3 Å². The molecule has 0 saturated carbocycles. The summed E-state index contributed by atoms with van der Waals surface area (Å²) in [7, 11) is 0. The molecule has 4 nitrogen and oxygen atoms in total. The summed E-state index contributed by atoms with van der Waals surface area (Å²) in [4.78, 5) is 16.0. The van der Waals surface area contributed by atoms with Gasteiger partial charge in [0.15, 0.2) is 0 Å². The Morgan fingerprint density at radius 2 is 2.30 bits per heavy atom. The normalized spacial score (nSPS) is 11.4. The molecule has 1 N–H and O–H groups in total. The summed E-state index contributed by atoms with van der Waals surface area (Å²) in [5.41, 5.74) is 5.04. The molecule has 0 aliphatic rings. The van der Waals surface area contributed by atoms with Gasteiger partial charge in [-0.15, -0.1) is 11.3 Å². The summed E-state index contributed by atoms with van der Waals surface area (Å²) in [6, 6.07) is 7.33. The van der Waals surface area contributed by atoms with E-state index in [0.717, 1.165) is 16.3 Å². The quantitative estimate of drug-likeness (QED) is 0.696. The lowest BCUT2D eigenvalue weighted by atomic mass is 10.1. The maximum atomic E-state index is 11.7. The van der Waals surface area contributed by atoms with E-state index in [1.807, 2.05) is 31.4 Å². The Balaban J connectivity index is 1.96. The van der Waals surface area contributed by atoms with Gasteiger partial charge in [-0.3, -0.25) is 4.79 Å². The Hall–Kier alpha value is -1.72. The second-order valence-electron chi connectivity index (χ2n) is 4.30. The summed E-state index contributed by atoms with van der Waals surface area (Å²) in [5.74, 6) is -0.180. The fraction of sp³-hybridized carbons (Fsp3) is 0.214. The summed E-state index contributed by atoms with van der Waals surface area (Å²) in [6.45, 7) is 3.72. The van der Waals surface area contributed by atoms with Gasteiger partial charge >= 0.3 is 0 Å². The number of aryl methyl sites for hydroxylation is 1. The van der Waals surface area contributed by atoms with E-state index in [0.29, 0.717) is 10.7 Å². The average Bonchev–Trinajstić information content (AvgIpc) is 2.81. The number of amides is 1. The third-order valence-corrected chi connectivity index (χ3v) is 3.77. The van der Waals surface area contributed by atoms with Crippen LogP contribution in [0.3, 0.4) is 0 Å². The van der Waals surface area contributed by atoms with Crippen LogP contribution in [0.2, 0.25) is 5.02 Å². The third kappa shape index (κ3) is 4.15. The van der Waals surface area contributed by atoms with Crippen molar-refractivity contribution in [3.63, 3.8) is 0 Å². The number of nitrogens with zero attached hydrogens (tertiary/aromatic N) is 2. The molecule has 104 valence electrons. The fourth-order valence-corrected chi connectivity index (χ4v) is 2.55. The molecule has 0 aliphatic carbocycles. The van der Waals surface area contributed by atoms with Gasteiger partial charge in [-0.05, 0) is 31.5 Å². The van der Waals surface area contributed by atoms with Crippen molar-refractivity contribution in [1.82, 2.24) is 10.4 Å². The SMILES string of the molecule is C/C(=N/NC(=O)Cc1nc(C)cs1)c1cccc(Cl)c1. The van der Waals surface area contributed by atoms with Crippen LogP contribution < -0.4 is 5.43 Å². The zero-order chi connectivity index (χ0) is 14.5. The zero-order valence-corrected chi connectivity index (χ0v) is 12.8. The fourth-order valence-electron chi connectivity index (χ4n) is 1.59. The zero-order valence-electron chi connectivity index (χ0n) is 11.2. The van der Waals surface area contributed by atoms with Crippen LogP contribution in [-0.2, 0) is 11.2 Å². The summed E-state index contributed by atoms with van der Waals surface area (Å²) >= 11 is 7.38. The minimum atomic E-state index is -0.180. The average molecular weight is 308 g/mol. The van der Waals surface area contributed by atoms with Crippen LogP contribution in [0.1, 0.15) is 23.2 Å². The van der Waals surface area contributed by atoms with Crippen molar-refractivity contribution in [3.05, 3.63) is 50.9 Å². The standard InChI is InChI=1S/C14H14ClN3OS/c1-9-8-20-14(16-9)7-13(19)18-17-10(2)11-4-3-5-12(15)6-11/h3-6,8H,7H2,1-2H3,(H,18,19)/b17-10-. The predicted octanol–water partition coefficient (Wildman–Crippen LogP) is 3.19. The van der Waals surface area contributed by atoms with Gasteiger partial charge in [0.25, 0.3) is 0 Å². The summed E-state index contributed by atoms with van der Waals surface area (Å²) < 4.78 is 0. The molecule has 1 amide bonds. The van der Waals surface area contributed by atoms with Crippen LogP contribution in [0.4, 0.5) is 0 Å². The van der Waals surface area contributed by atoms with E-state index in [9.17, 15) is 4.79 Å². The Morgan fingerprint density at radius 1 is 1.50 bits per heavy atom. The lowest BCUT2D eigenvalue weighted by Crippen LogP contribution is -2.21. The number of hydrogen-bond acceptors (Lipinski definition) is 4. The van der Waals surface area contributed by atoms with Crippen molar-refractivity contribution in [2.24, 2.45) is 5.10 Å². The van der Waals surface area contributed by atoms with Crippen LogP contribution in [0.15, 0.2) is 34.7 Å². The molecular formula is C14H14ClN3OS. The molecule has 0 spiro atoms. The highest BCUT2D eigenvalue weighted by Crippen LogP contribution is 2.11. The lowest BCUT2D eigenvalue weighted by molar-refractivity contribution is -0.120. The number of benzene rings is 1. The second kappa shape index (κ2) is 6.63. The lowest BCUT2D eigenvalue weighted by Gasteiger charge is -2.02. The van der Waals surface area contributed by atoms with E-state index in [1.165, 1.54) is 11.3 Å². The number of hydrogen-bond donors (Lipinski definition) is 1. The molecular weight excluding hydrogens is 294 g/mol. The van der Waals surface area contributed by atoms with Gasteiger partial charge < -0.3 is 0 Å². The molecule has 0 unspecified atom stereocenters. The first-order valence-electron chi connectivity index (χ1n) is 6.04. The number of thiazole rings is 1. The molecule has 0 bridgehead atoms. The largest absolute Gasteiger partial charge is 0.273 e. The third-order valence-electron chi connectivity index (χ3n) is 2.57. The van der Waals surface area contributed by atoms with E-state index in [4.69, 9.17) is 11.6 Å². The molecule has 0 aliphatic heterocycles. The highest BCUT2D eigenvalue weighted by molar-refractivity contribution is 7.09. The summed E-state index contributed by atoms with van der Waals surface area (Å²) in [6.07, 6.45) is 0.241. The van der Waals surface area contributed by atoms with Gasteiger partial charge in [-0.1, -0.05) is 23.7 Å². The number of rotatable bonds is 4. The first kappa shape index (κ1) is 14.7. The molecule has 20 heavy (non-hydrogen) atoms. The first-order chi connectivity index (χ1) is 9.54. The van der Waals surface area contributed by atoms with Gasteiger partial charge in [0.1, 0.15) is 5.01 Å². The number of hydrazone groups is 1. The molecule has 0 radical (unpaired) electrons. The molecule has 1 aromatic carbocycles. The van der Waals surface area contributed by atoms with Crippen molar-refractivity contribution < 1.29 is 4.79 Å².